The van der Waals surface area contributed by atoms with Gasteiger partial charge in [-0.3, -0.25) is 4.90 Å². The number of ether oxygens (including phenoxy) is 2. The molecule has 4 heteroatoms. The van der Waals surface area contributed by atoms with Crippen LogP contribution in [0.3, 0.4) is 0 Å². The molecule has 1 atom stereocenters. The Hall–Kier alpha value is -1.10. The Morgan fingerprint density at radius 3 is 2.89 bits per heavy atom. The Balaban J connectivity index is 1.96. The maximum atomic E-state index is 5.75. The molecule has 0 radical (unpaired) electrons. The van der Waals surface area contributed by atoms with Crippen molar-refractivity contribution in [3.63, 3.8) is 0 Å². The van der Waals surface area contributed by atoms with E-state index in [0.717, 1.165) is 37.6 Å². The molecule has 1 unspecified atom stereocenters. The fourth-order valence-corrected chi connectivity index (χ4v) is 2.78. The Bertz CT molecular complexity index is 409. The lowest BCUT2D eigenvalue weighted by Crippen LogP contribution is -2.21. The molecule has 0 aromatic heterocycles. The maximum Gasteiger partial charge on any atom is 0.123 e. The molecule has 1 fully saturated rings. The van der Waals surface area contributed by atoms with E-state index in [2.05, 4.69) is 17.0 Å². The minimum absolute atomic E-state index is 0.517. The van der Waals surface area contributed by atoms with Gasteiger partial charge in [-0.1, -0.05) is 6.07 Å². The molecule has 19 heavy (non-hydrogen) atoms. The van der Waals surface area contributed by atoms with Crippen LogP contribution in [0.4, 0.5) is 0 Å². The number of hydrogen-bond donors (Lipinski definition) is 1. The van der Waals surface area contributed by atoms with Gasteiger partial charge in [0.25, 0.3) is 0 Å². The van der Waals surface area contributed by atoms with Crippen LogP contribution in [-0.4, -0.2) is 38.8 Å². The van der Waals surface area contributed by atoms with Crippen LogP contribution in [-0.2, 0) is 17.8 Å². The summed E-state index contributed by atoms with van der Waals surface area (Å²) in [6, 6.07) is 6.30. The number of nitrogens with two attached hydrogens (primary N) is 1. The summed E-state index contributed by atoms with van der Waals surface area (Å²) in [5, 5.41) is 0. The number of methoxy groups -OCH3 is 2. The zero-order valence-corrected chi connectivity index (χ0v) is 11.9. The van der Waals surface area contributed by atoms with Crippen molar-refractivity contribution in [2.75, 3.05) is 33.9 Å². The minimum atomic E-state index is 0.517. The number of rotatable bonds is 6. The lowest BCUT2D eigenvalue weighted by atomic mass is 10.1. The van der Waals surface area contributed by atoms with Crippen LogP contribution >= 0.6 is 0 Å². The standard InChI is InChI=1S/C15H24N2O2/c1-18-11-13-5-6-17(10-13)9-12-3-4-15(19-2)14(7-12)8-16/h3-4,7,13H,5-6,8-11,16H2,1-2H3. The van der Waals surface area contributed by atoms with Gasteiger partial charge in [-0.25, -0.2) is 0 Å². The summed E-state index contributed by atoms with van der Waals surface area (Å²) < 4.78 is 10.5. The second-order valence-corrected chi connectivity index (χ2v) is 5.20. The summed E-state index contributed by atoms with van der Waals surface area (Å²) in [5.74, 6) is 1.56. The van der Waals surface area contributed by atoms with Crippen molar-refractivity contribution in [1.82, 2.24) is 4.90 Å². The predicted molar refractivity (Wildman–Crippen MR) is 76.1 cm³/mol. The molecule has 1 aromatic rings. The number of hydrogen-bond acceptors (Lipinski definition) is 4. The summed E-state index contributed by atoms with van der Waals surface area (Å²) in [6.07, 6.45) is 1.23. The zero-order chi connectivity index (χ0) is 13.7. The summed E-state index contributed by atoms with van der Waals surface area (Å²) >= 11 is 0. The first-order valence-electron chi connectivity index (χ1n) is 6.84. The highest BCUT2D eigenvalue weighted by molar-refractivity contribution is 5.37. The molecule has 2 N–H and O–H groups in total. The molecule has 1 aromatic carbocycles. The number of nitrogens with zero attached hydrogens (tertiary/aromatic N) is 1. The van der Waals surface area contributed by atoms with Crippen LogP contribution < -0.4 is 10.5 Å². The lowest BCUT2D eigenvalue weighted by Gasteiger charge is -2.17. The lowest BCUT2D eigenvalue weighted by molar-refractivity contribution is 0.152. The van der Waals surface area contributed by atoms with Gasteiger partial charge in [-0.2, -0.15) is 0 Å². The largest absolute Gasteiger partial charge is 0.496 e. The van der Waals surface area contributed by atoms with E-state index < -0.39 is 0 Å². The molecular formula is C15H24N2O2. The van der Waals surface area contributed by atoms with Gasteiger partial charge in [0.2, 0.25) is 0 Å². The van der Waals surface area contributed by atoms with Crippen LogP contribution in [0, 0.1) is 5.92 Å². The first kappa shape index (κ1) is 14.3. The van der Waals surface area contributed by atoms with Gasteiger partial charge in [-0.05, 0) is 36.6 Å². The molecule has 106 valence electrons. The van der Waals surface area contributed by atoms with Gasteiger partial charge in [-0.15, -0.1) is 0 Å². The Morgan fingerprint density at radius 2 is 2.21 bits per heavy atom. The van der Waals surface area contributed by atoms with Crippen molar-refractivity contribution in [3.8, 4) is 5.75 Å². The van der Waals surface area contributed by atoms with Gasteiger partial charge in [0.05, 0.1) is 13.7 Å². The first-order valence-corrected chi connectivity index (χ1v) is 6.84. The van der Waals surface area contributed by atoms with Crippen molar-refractivity contribution in [2.24, 2.45) is 11.7 Å². The average Bonchev–Trinajstić information content (AvgIpc) is 2.86. The topological polar surface area (TPSA) is 47.7 Å². The molecule has 1 aliphatic heterocycles. The molecule has 1 heterocycles. The summed E-state index contributed by atoms with van der Waals surface area (Å²) in [6.45, 7) is 4.64. The third kappa shape index (κ3) is 3.69. The Morgan fingerprint density at radius 1 is 1.37 bits per heavy atom. The van der Waals surface area contributed by atoms with Crippen molar-refractivity contribution in [1.29, 1.82) is 0 Å². The van der Waals surface area contributed by atoms with Crippen molar-refractivity contribution < 1.29 is 9.47 Å². The van der Waals surface area contributed by atoms with E-state index in [1.807, 2.05) is 6.07 Å². The van der Waals surface area contributed by atoms with Crippen LogP contribution in [0.25, 0.3) is 0 Å². The molecule has 4 nitrogen and oxygen atoms in total. The molecule has 0 amide bonds. The highest BCUT2D eigenvalue weighted by atomic mass is 16.5. The van der Waals surface area contributed by atoms with E-state index in [-0.39, 0.29) is 0 Å². The third-order valence-electron chi connectivity index (χ3n) is 3.74. The number of benzene rings is 1. The second-order valence-electron chi connectivity index (χ2n) is 5.20. The van der Waals surface area contributed by atoms with Crippen LogP contribution in [0.1, 0.15) is 17.5 Å². The van der Waals surface area contributed by atoms with Gasteiger partial charge < -0.3 is 15.2 Å². The fraction of sp³-hybridized carbons (Fsp3) is 0.600. The molecular weight excluding hydrogens is 240 g/mol. The maximum absolute atomic E-state index is 5.75. The molecule has 0 spiro atoms. The third-order valence-corrected chi connectivity index (χ3v) is 3.74. The minimum Gasteiger partial charge on any atom is -0.496 e. The van der Waals surface area contributed by atoms with Crippen molar-refractivity contribution >= 4 is 0 Å². The van der Waals surface area contributed by atoms with Gasteiger partial charge >= 0.3 is 0 Å². The first-order chi connectivity index (χ1) is 9.26. The molecule has 0 saturated carbocycles. The van der Waals surface area contributed by atoms with E-state index in [4.69, 9.17) is 15.2 Å². The van der Waals surface area contributed by atoms with Crippen LogP contribution in [0.2, 0.25) is 0 Å². The van der Waals surface area contributed by atoms with E-state index in [1.165, 1.54) is 12.0 Å². The van der Waals surface area contributed by atoms with Crippen LogP contribution in [0.15, 0.2) is 18.2 Å². The van der Waals surface area contributed by atoms with E-state index >= 15 is 0 Å². The Kier molecular flexibility index (Phi) is 5.19. The summed E-state index contributed by atoms with van der Waals surface area (Å²) in [4.78, 5) is 2.48. The van der Waals surface area contributed by atoms with Crippen molar-refractivity contribution in [3.05, 3.63) is 29.3 Å². The molecule has 0 bridgehead atoms. The van der Waals surface area contributed by atoms with Crippen LogP contribution in [0.5, 0.6) is 5.75 Å². The van der Waals surface area contributed by atoms with Gasteiger partial charge in [0, 0.05) is 32.3 Å². The van der Waals surface area contributed by atoms with Crippen molar-refractivity contribution in [2.45, 2.75) is 19.5 Å². The predicted octanol–water partition coefficient (Wildman–Crippen LogP) is 1.62. The molecule has 2 rings (SSSR count). The monoisotopic (exact) mass is 264 g/mol. The SMILES string of the molecule is COCC1CCN(Cc2ccc(OC)c(CN)c2)C1. The smallest absolute Gasteiger partial charge is 0.123 e. The highest BCUT2D eigenvalue weighted by Crippen LogP contribution is 2.23. The fourth-order valence-electron chi connectivity index (χ4n) is 2.78. The molecule has 0 aliphatic carbocycles. The quantitative estimate of drug-likeness (QED) is 0.848. The van der Waals surface area contributed by atoms with E-state index in [1.54, 1.807) is 14.2 Å². The summed E-state index contributed by atoms with van der Waals surface area (Å²) in [7, 11) is 3.46. The Labute approximate surface area is 115 Å². The molecule has 1 saturated heterocycles. The zero-order valence-electron chi connectivity index (χ0n) is 11.9. The van der Waals surface area contributed by atoms with E-state index in [0.29, 0.717) is 12.5 Å². The highest BCUT2D eigenvalue weighted by Gasteiger charge is 2.22. The molecule has 1 aliphatic rings. The second kappa shape index (κ2) is 6.89. The average molecular weight is 264 g/mol. The van der Waals surface area contributed by atoms with Gasteiger partial charge in [0.15, 0.2) is 0 Å². The van der Waals surface area contributed by atoms with Gasteiger partial charge in [0.1, 0.15) is 5.75 Å². The number of likely N-dealkylation sites (tertiary alicyclic amines) is 1. The van der Waals surface area contributed by atoms with E-state index in [9.17, 15) is 0 Å². The summed E-state index contributed by atoms with van der Waals surface area (Å²) in [5.41, 5.74) is 8.14. The normalized spacial score (nSPS) is 19.8.